The summed E-state index contributed by atoms with van der Waals surface area (Å²) in [6.45, 7) is 2.85. The van der Waals surface area contributed by atoms with Gasteiger partial charge in [-0.15, -0.1) is 0 Å². The molecule has 1 aliphatic rings. The van der Waals surface area contributed by atoms with Crippen LogP contribution in [0.15, 0.2) is 54.7 Å². The molecular weight excluding hydrogens is 310 g/mol. The van der Waals surface area contributed by atoms with Crippen molar-refractivity contribution in [3.63, 3.8) is 0 Å². The van der Waals surface area contributed by atoms with Crippen molar-refractivity contribution in [3.8, 4) is 0 Å². The van der Waals surface area contributed by atoms with Crippen molar-refractivity contribution < 1.29 is 4.79 Å². The number of hydrogen-bond acceptors (Lipinski definition) is 3. The van der Waals surface area contributed by atoms with Crippen molar-refractivity contribution >= 4 is 16.9 Å². The number of nitrogens with zero attached hydrogens (tertiary/aromatic N) is 3. The number of rotatable bonds is 2. The molecule has 1 aromatic heterocycles. The maximum Gasteiger partial charge on any atom is 0.274 e. The predicted octanol–water partition coefficient (Wildman–Crippen LogP) is 4.31. The fourth-order valence-electron chi connectivity index (χ4n) is 3.52. The Labute approximate surface area is 147 Å². The van der Waals surface area contributed by atoms with E-state index in [1.165, 1.54) is 11.1 Å². The number of hydrogen-bond donors (Lipinski definition) is 0. The quantitative estimate of drug-likeness (QED) is 0.703. The topological polar surface area (TPSA) is 46.1 Å². The van der Waals surface area contributed by atoms with Crippen LogP contribution in [0.25, 0.3) is 11.0 Å². The van der Waals surface area contributed by atoms with Crippen LogP contribution in [-0.4, -0.2) is 27.3 Å². The number of fused-ring (bicyclic) bond motifs is 1. The van der Waals surface area contributed by atoms with Crippen LogP contribution >= 0.6 is 0 Å². The van der Waals surface area contributed by atoms with Crippen LogP contribution < -0.4 is 0 Å². The Kier molecular flexibility index (Phi) is 4.18. The second-order valence-electron chi connectivity index (χ2n) is 6.66. The number of para-hydroxylation sites is 2. The fraction of sp³-hybridized carbons (Fsp3) is 0.286. The third-order valence-corrected chi connectivity index (χ3v) is 4.89. The lowest BCUT2D eigenvalue weighted by Gasteiger charge is -2.36. The van der Waals surface area contributed by atoms with E-state index in [0.717, 1.165) is 36.8 Å². The molecule has 0 unspecified atom stereocenters. The zero-order valence-electron chi connectivity index (χ0n) is 14.4. The summed E-state index contributed by atoms with van der Waals surface area (Å²) in [5.41, 5.74) is 4.44. The van der Waals surface area contributed by atoms with E-state index in [2.05, 4.69) is 41.2 Å². The molecule has 25 heavy (non-hydrogen) atoms. The molecule has 2 aromatic carbocycles. The molecule has 4 nitrogen and oxygen atoms in total. The zero-order chi connectivity index (χ0) is 17.2. The predicted molar refractivity (Wildman–Crippen MR) is 98.3 cm³/mol. The van der Waals surface area contributed by atoms with Crippen molar-refractivity contribution in [2.45, 2.75) is 32.2 Å². The third-order valence-electron chi connectivity index (χ3n) is 4.89. The number of benzene rings is 2. The van der Waals surface area contributed by atoms with Gasteiger partial charge in [-0.25, -0.2) is 4.98 Å². The normalized spacial score (nSPS) is 17.6. The van der Waals surface area contributed by atoms with Crippen LogP contribution in [0.5, 0.6) is 0 Å². The lowest BCUT2D eigenvalue weighted by molar-refractivity contribution is 0.0605. The highest BCUT2D eigenvalue weighted by Crippen LogP contribution is 2.32. The van der Waals surface area contributed by atoms with Gasteiger partial charge < -0.3 is 4.90 Å². The van der Waals surface area contributed by atoms with Gasteiger partial charge in [0.2, 0.25) is 0 Å². The van der Waals surface area contributed by atoms with Crippen LogP contribution in [0.2, 0.25) is 0 Å². The minimum absolute atomic E-state index is 0.0245. The molecule has 0 saturated carbocycles. The summed E-state index contributed by atoms with van der Waals surface area (Å²) in [4.78, 5) is 24.0. The molecule has 0 bridgehead atoms. The van der Waals surface area contributed by atoms with E-state index in [-0.39, 0.29) is 11.9 Å². The molecule has 1 atom stereocenters. The number of carbonyl (C=O) groups excluding carboxylic acids is 1. The van der Waals surface area contributed by atoms with Crippen molar-refractivity contribution in [2.24, 2.45) is 0 Å². The van der Waals surface area contributed by atoms with E-state index < -0.39 is 0 Å². The van der Waals surface area contributed by atoms with Crippen molar-refractivity contribution in [1.29, 1.82) is 0 Å². The molecule has 1 aliphatic heterocycles. The molecule has 2 heterocycles. The smallest absolute Gasteiger partial charge is 0.274 e. The first-order valence-electron chi connectivity index (χ1n) is 8.82. The Balaban J connectivity index is 1.66. The first kappa shape index (κ1) is 15.8. The van der Waals surface area contributed by atoms with Crippen LogP contribution in [-0.2, 0) is 0 Å². The summed E-state index contributed by atoms with van der Waals surface area (Å²) in [5.74, 6) is -0.0245. The molecular formula is C21H21N3O. The summed E-state index contributed by atoms with van der Waals surface area (Å²) in [6, 6.07) is 16.3. The summed E-state index contributed by atoms with van der Waals surface area (Å²) in [6.07, 6.45) is 4.78. The van der Waals surface area contributed by atoms with Gasteiger partial charge in [0.25, 0.3) is 5.91 Å². The molecule has 0 spiro atoms. The lowest BCUT2D eigenvalue weighted by Crippen LogP contribution is -2.39. The lowest BCUT2D eigenvalue weighted by atomic mass is 9.94. The Hall–Kier alpha value is -2.75. The van der Waals surface area contributed by atoms with E-state index in [4.69, 9.17) is 0 Å². The van der Waals surface area contributed by atoms with E-state index in [1.807, 2.05) is 29.2 Å². The molecule has 3 aromatic rings. The fourth-order valence-corrected chi connectivity index (χ4v) is 3.52. The molecule has 0 radical (unpaired) electrons. The molecule has 1 amide bonds. The van der Waals surface area contributed by atoms with Crippen molar-refractivity contribution in [3.05, 3.63) is 71.5 Å². The number of carbonyl (C=O) groups is 1. The minimum Gasteiger partial charge on any atom is -0.330 e. The van der Waals surface area contributed by atoms with Gasteiger partial charge >= 0.3 is 0 Å². The van der Waals surface area contributed by atoms with Crippen LogP contribution in [0.1, 0.15) is 46.9 Å². The van der Waals surface area contributed by atoms with Crippen molar-refractivity contribution in [2.75, 3.05) is 6.54 Å². The van der Waals surface area contributed by atoms with Crippen LogP contribution in [0, 0.1) is 6.92 Å². The Bertz CT molecular complexity index is 904. The summed E-state index contributed by atoms with van der Waals surface area (Å²) in [7, 11) is 0. The van der Waals surface area contributed by atoms with E-state index >= 15 is 0 Å². The second-order valence-corrected chi connectivity index (χ2v) is 6.66. The van der Waals surface area contributed by atoms with Gasteiger partial charge in [0.15, 0.2) is 0 Å². The Morgan fingerprint density at radius 3 is 2.60 bits per heavy atom. The third kappa shape index (κ3) is 3.12. The molecule has 4 rings (SSSR count). The van der Waals surface area contributed by atoms with Gasteiger partial charge in [0.05, 0.1) is 23.3 Å². The standard InChI is InChI=1S/C21H21N3O/c1-15-9-11-16(12-10-15)20-8-4-5-13-24(20)21(25)19-14-22-17-6-2-3-7-18(17)23-19/h2-3,6-7,9-12,14,20H,4-5,8,13H2,1H3/t20-/m1/s1. The van der Waals surface area contributed by atoms with Gasteiger partial charge in [-0.1, -0.05) is 42.0 Å². The first-order chi connectivity index (χ1) is 12.2. The van der Waals surface area contributed by atoms with Crippen LogP contribution in [0.4, 0.5) is 0 Å². The number of likely N-dealkylation sites (tertiary alicyclic amines) is 1. The number of piperidine rings is 1. The monoisotopic (exact) mass is 331 g/mol. The molecule has 0 aliphatic carbocycles. The summed E-state index contributed by atoms with van der Waals surface area (Å²) < 4.78 is 0. The molecule has 1 saturated heterocycles. The zero-order valence-corrected chi connectivity index (χ0v) is 14.4. The highest BCUT2D eigenvalue weighted by Gasteiger charge is 2.29. The van der Waals surface area contributed by atoms with E-state index in [9.17, 15) is 4.79 Å². The van der Waals surface area contributed by atoms with Gasteiger partial charge in [0.1, 0.15) is 5.69 Å². The van der Waals surface area contributed by atoms with Crippen molar-refractivity contribution in [1.82, 2.24) is 14.9 Å². The Morgan fingerprint density at radius 2 is 1.80 bits per heavy atom. The minimum atomic E-state index is -0.0245. The number of amides is 1. The van der Waals surface area contributed by atoms with Gasteiger partial charge in [-0.05, 0) is 43.9 Å². The maximum absolute atomic E-state index is 13.1. The van der Waals surface area contributed by atoms with Gasteiger partial charge in [-0.2, -0.15) is 0 Å². The molecule has 1 fully saturated rings. The molecule has 126 valence electrons. The summed E-state index contributed by atoms with van der Waals surface area (Å²) in [5, 5.41) is 0. The van der Waals surface area contributed by atoms with Gasteiger partial charge in [0, 0.05) is 6.54 Å². The average Bonchev–Trinajstić information content (AvgIpc) is 2.68. The van der Waals surface area contributed by atoms with Crippen LogP contribution in [0.3, 0.4) is 0 Å². The number of aryl methyl sites for hydroxylation is 1. The second kappa shape index (κ2) is 6.63. The first-order valence-corrected chi connectivity index (χ1v) is 8.82. The SMILES string of the molecule is Cc1ccc([C@H]2CCCCN2C(=O)c2cnc3ccccc3n2)cc1. The molecule has 4 heteroatoms. The highest BCUT2D eigenvalue weighted by atomic mass is 16.2. The van der Waals surface area contributed by atoms with E-state index in [1.54, 1.807) is 6.20 Å². The molecule has 0 N–H and O–H groups in total. The largest absolute Gasteiger partial charge is 0.330 e. The van der Waals surface area contributed by atoms with E-state index in [0.29, 0.717) is 5.69 Å². The summed E-state index contributed by atoms with van der Waals surface area (Å²) >= 11 is 0. The Morgan fingerprint density at radius 1 is 1.04 bits per heavy atom. The maximum atomic E-state index is 13.1. The van der Waals surface area contributed by atoms with Gasteiger partial charge in [-0.3, -0.25) is 9.78 Å². The average molecular weight is 331 g/mol. The number of aromatic nitrogens is 2. The highest BCUT2D eigenvalue weighted by molar-refractivity contribution is 5.94.